The van der Waals surface area contributed by atoms with E-state index in [1.807, 2.05) is 18.2 Å². The van der Waals surface area contributed by atoms with Gasteiger partial charge in [-0.3, -0.25) is 0 Å². The Morgan fingerprint density at radius 3 is 2.19 bits per heavy atom. The quantitative estimate of drug-likeness (QED) is 0.578. The summed E-state index contributed by atoms with van der Waals surface area (Å²) in [6.45, 7) is 12.0. The topological polar surface area (TPSA) is 20.2 Å². The van der Waals surface area contributed by atoms with Crippen molar-refractivity contribution in [3.05, 3.63) is 70.5 Å². The maximum absolute atomic E-state index is 10.2. The number of rotatable bonds is 3. The molecule has 0 spiro atoms. The van der Waals surface area contributed by atoms with Gasteiger partial charge in [-0.25, -0.2) is 0 Å². The first-order valence-corrected chi connectivity index (χ1v) is 7.30. The van der Waals surface area contributed by atoms with Gasteiger partial charge in [0.2, 0.25) is 0 Å². The van der Waals surface area contributed by atoms with Crippen LogP contribution in [0.15, 0.2) is 42.6 Å². The zero-order valence-corrected chi connectivity index (χ0v) is 13.2. The Morgan fingerprint density at radius 2 is 1.67 bits per heavy atom. The van der Waals surface area contributed by atoms with Crippen LogP contribution in [-0.4, -0.2) is 5.11 Å². The molecule has 2 aromatic carbocycles. The van der Waals surface area contributed by atoms with Crippen molar-refractivity contribution in [1.29, 1.82) is 0 Å². The second kappa shape index (κ2) is 6.03. The lowest BCUT2D eigenvalue weighted by Gasteiger charge is -2.21. The number of aliphatic hydroxyl groups excluding tert-OH is 1. The van der Waals surface area contributed by atoms with Crippen molar-refractivity contribution in [3.8, 4) is 11.1 Å². The van der Waals surface area contributed by atoms with Gasteiger partial charge in [-0.05, 0) is 60.6 Å². The smallest absolute Gasteiger partial charge is 0.166 e. The van der Waals surface area contributed by atoms with E-state index in [1.165, 1.54) is 22.3 Å². The number of benzene rings is 2. The van der Waals surface area contributed by atoms with Crippen LogP contribution in [0.2, 0.25) is 0 Å². The van der Waals surface area contributed by atoms with Gasteiger partial charge in [-0.15, -0.1) is 0 Å². The van der Waals surface area contributed by atoms with Gasteiger partial charge in [-0.2, -0.15) is 0 Å². The van der Waals surface area contributed by atoms with E-state index >= 15 is 0 Å². The van der Waals surface area contributed by atoms with E-state index in [4.69, 9.17) is 0 Å². The first kappa shape index (κ1) is 15.2. The van der Waals surface area contributed by atoms with Crippen molar-refractivity contribution in [2.24, 2.45) is 0 Å². The van der Waals surface area contributed by atoms with Crippen LogP contribution in [0, 0.1) is 20.8 Å². The zero-order chi connectivity index (χ0) is 15.6. The second-order valence-corrected chi connectivity index (χ2v) is 5.35. The molecule has 0 radical (unpaired) electrons. The molecular formula is C20H22O. The molecule has 1 heteroatoms. The molecule has 0 unspecified atom stereocenters. The summed E-state index contributed by atoms with van der Waals surface area (Å²) in [5.41, 5.74) is 10.7. The molecule has 108 valence electrons. The largest absolute Gasteiger partial charge is 0.501 e. The Kier molecular flexibility index (Phi) is 4.35. The van der Waals surface area contributed by atoms with Gasteiger partial charge in [0.05, 0.1) is 0 Å². The van der Waals surface area contributed by atoms with Gasteiger partial charge in [0.1, 0.15) is 0 Å². The van der Waals surface area contributed by atoms with Crippen molar-refractivity contribution in [3.63, 3.8) is 0 Å². The summed E-state index contributed by atoms with van der Waals surface area (Å²) >= 11 is 0. The lowest BCUT2D eigenvalue weighted by Crippen LogP contribution is -2.04. The standard InChI is InChI=1S/C20H22O/c1-6-17-13(3)19(16-11-9-8-10-12-16)15(5)20(14(17)4)18(21)7-2/h8-12,21H,2,6H2,1,3-5H3. The molecule has 0 fully saturated rings. The van der Waals surface area contributed by atoms with E-state index < -0.39 is 0 Å². The van der Waals surface area contributed by atoms with Gasteiger partial charge in [0.25, 0.3) is 0 Å². The molecule has 1 N–H and O–H groups in total. The minimum absolute atomic E-state index is 0.136. The summed E-state index contributed by atoms with van der Waals surface area (Å²) in [4.78, 5) is 0. The lowest BCUT2D eigenvalue weighted by atomic mass is 9.84. The van der Waals surface area contributed by atoms with Crippen LogP contribution in [-0.2, 0) is 6.42 Å². The molecule has 0 aliphatic carbocycles. The molecular weight excluding hydrogens is 256 g/mol. The fraction of sp³-hybridized carbons (Fsp3) is 0.250. The molecule has 21 heavy (non-hydrogen) atoms. The number of hydrogen-bond acceptors (Lipinski definition) is 1. The van der Waals surface area contributed by atoms with Crippen molar-refractivity contribution < 1.29 is 5.11 Å². The van der Waals surface area contributed by atoms with E-state index in [1.54, 1.807) is 0 Å². The van der Waals surface area contributed by atoms with E-state index in [-0.39, 0.29) is 5.76 Å². The maximum atomic E-state index is 10.2. The molecule has 0 atom stereocenters. The fourth-order valence-corrected chi connectivity index (χ4v) is 3.28. The summed E-state index contributed by atoms with van der Waals surface area (Å²) < 4.78 is 0. The Bertz CT molecular complexity index is 717. The van der Waals surface area contributed by atoms with Crippen LogP contribution in [0.1, 0.15) is 34.7 Å². The monoisotopic (exact) mass is 278 g/mol. The molecule has 0 saturated heterocycles. The third-order valence-electron chi connectivity index (χ3n) is 4.23. The van der Waals surface area contributed by atoms with Crippen molar-refractivity contribution >= 4 is 5.76 Å². The zero-order valence-electron chi connectivity index (χ0n) is 13.2. The molecule has 0 aromatic heterocycles. The van der Waals surface area contributed by atoms with Gasteiger partial charge < -0.3 is 5.11 Å². The van der Waals surface area contributed by atoms with Crippen LogP contribution in [0.3, 0.4) is 0 Å². The van der Waals surface area contributed by atoms with Gasteiger partial charge >= 0.3 is 0 Å². The third kappa shape index (κ3) is 2.53. The van der Waals surface area contributed by atoms with E-state index in [0.717, 1.165) is 23.1 Å². The maximum Gasteiger partial charge on any atom is 0.166 e. The first-order chi connectivity index (χ1) is 10.0. The van der Waals surface area contributed by atoms with Crippen LogP contribution >= 0.6 is 0 Å². The van der Waals surface area contributed by atoms with Crippen molar-refractivity contribution in [1.82, 2.24) is 0 Å². The summed E-state index contributed by atoms with van der Waals surface area (Å²) in [5.74, 6) is 0.136. The molecule has 0 aliphatic rings. The third-order valence-corrected chi connectivity index (χ3v) is 4.23. The lowest BCUT2D eigenvalue weighted by molar-refractivity contribution is 0.511. The molecule has 2 rings (SSSR count). The summed E-state index contributed by atoms with van der Waals surface area (Å²) in [5, 5.41) is 10.2. The molecule has 0 saturated carbocycles. The minimum Gasteiger partial charge on any atom is -0.501 e. The Morgan fingerprint density at radius 1 is 1.05 bits per heavy atom. The molecule has 1 nitrogen and oxygen atoms in total. The van der Waals surface area contributed by atoms with Crippen LogP contribution in [0.5, 0.6) is 0 Å². The normalized spacial score (nSPS) is 10.3. The Balaban J connectivity index is 2.92. The number of aliphatic hydroxyl groups is 1. The van der Waals surface area contributed by atoms with Crippen LogP contribution < -0.4 is 0 Å². The van der Waals surface area contributed by atoms with Gasteiger partial charge in [0, 0.05) is 5.56 Å². The molecule has 0 aliphatic heterocycles. The number of hydrogen-bond donors (Lipinski definition) is 1. The first-order valence-electron chi connectivity index (χ1n) is 7.30. The van der Waals surface area contributed by atoms with E-state index in [2.05, 4.69) is 52.1 Å². The van der Waals surface area contributed by atoms with Crippen LogP contribution in [0.4, 0.5) is 0 Å². The minimum atomic E-state index is 0.136. The predicted octanol–water partition coefficient (Wildman–Crippen LogP) is 5.53. The molecule has 2 aromatic rings. The van der Waals surface area contributed by atoms with Crippen molar-refractivity contribution in [2.45, 2.75) is 34.1 Å². The van der Waals surface area contributed by atoms with Crippen LogP contribution in [0.25, 0.3) is 16.9 Å². The summed E-state index contributed by atoms with van der Waals surface area (Å²) in [6, 6.07) is 10.3. The predicted molar refractivity (Wildman–Crippen MR) is 90.6 cm³/mol. The average Bonchev–Trinajstić information content (AvgIpc) is 2.48. The van der Waals surface area contributed by atoms with Crippen molar-refractivity contribution in [2.75, 3.05) is 0 Å². The van der Waals surface area contributed by atoms with Gasteiger partial charge in [-0.1, -0.05) is 49.6 Å². The summed E-state index contributed by atoms with van der Waals surface area (Å²) in [6.07, 6.45) is 0.940. The molecule has 0 heterocycles. The highest BCUT2D eigenvalue weighted by Crippen LogP contribution is 2.36. The molecule has 0 amide bonds. The van der Waals surface area contributed by atoms with E-state index in [0.29, 0.717) is 0 Å². The second-order valence-electron chi connectivity index (χ2n) is 5.35. The Hall–Kier alpha value is -2.24. The van der Waals surface area contributed by atoms with Gasteiger partial charge in [0.15, 0.2) is 5.76 Å². The fourth-order valence-electron chi connectivity index (χ4n) is 3.28. The average molecular weight is 278 g/mol. The Labute approximate surface area is 127 Å². The highest BCUT2D eigenvalue weighted by molar-refractivity contribution is 5.80. The summed E-state index contributed by atoms with van der Waals surface area (Å²) in [7, 11) is 0. The highest BCUT2D eigenvalue weighted by Gasteiger charge is 2.19. The SMILES string of the molecule is C=C=C(O)c1c(C)c(CC)c(C)c(-c2ccccc2)c1C. The molecule has 0 bridgehead atoms. The highest BCUT2D eigenvalue weighted by atomic mass is 16.3. The van der Waals surface area contributed by atoms with E-state index in [9.17, 15) is 5.11 Å².